The topological polar surface area (TPSA) is 60.9 Å². The molecule has 3 rings (SSSR count). The molecule has 138 valence electrons. The molecule has 1 aromatic carbocycles. The molecular formula is C20H24N2O4. The normalized spacial score (nSPS) is 16.2. The minimum Gasteiger partial charge on any atom is -0.464 e. The van der Waals surface area contributed by atoms with Crippen LogP contribution in [0, 0.1) is 0 Å². The monoisotopic (exact) mass is 356 g/mol. The highest BCUT2D eigenvalue weighted by Gasteiger charge is 2.22. The second-order valence-corrected chi connectivity index (χ2v) is 6.24. The van der Waals surface area contributed by atoms with Crippen LogP contribution in [0.15, 0.2) is 48.8 Å². The number of anilines is 1. The van der Waals surface area contributed by atoms with Crippen LogP contribution in [0.4, 0.5) is 5.69 Å². The Morgan fingerprint density at radius 3 is 2.31 bits per heavy atom. The van der Waals surface area contributed by atoms with Crippen molar-refractivity contribution < 1.29 is 19.0 Å². The summed E-state index contributed by atoms with van der Waals surface area (Å²) in [6.07, 6.45) is 4.83. The fourth-order valence-electron chi connectivity index (χ4n) is 3.26. The fourth-order valence-corrected chi connectivity index (χ4v) is 3.26. The maximum Gasteiger partial charge on any atom is 0.376 e. The van der Waals surface area contributed by atoms with Crippen LogP contribution in [0.3, 0.4) is 0 Å². The van der Waals surface area contributed by atoms with Gasteiger partial charge in [-0.3, -0.25) is 4.98 Å². The third kappa shape index (κ3) is 4.32. The van der Waals surface area contributed by atoms with E-state index in [2.05, 4.69) is 38.9 Å². The third-order valence-corrected chi connectivity index (χ3v) is 4.73. The number of carbonyl (C=O) groups is 1. The first-order valence-corrected chi connectivity index (χ1v) is 8.73. The Morgan fingerprint density at radius 2 is 1.73 bits per heavy atom. The van der Waals surface area contributed by atoms with E-state index in [1.54, 1.807) is 0 Å². The highest BCUT2D eigenvalue weighted by Crippen LogP contribution is 2.31. The molecule has 0 amide bonds. The molecule has 0 N–H and O–H groups in total. The molecule has 0 spiro atoms. The molecule has 1 saturated heterocycles. The van der Waals surface area contributed by atoms with E-state index in [4.69, 9.17) is 9.47 Å². The van der Waals surface area contributed by atoms with E-state index < -0.39 is 12.3 Å². The molecule has 0 bridgehead atoms. The number of methoxy groups -OCH3 is 2. The number of carbonyl (C=O) groups excluding carboxylic acids is 1. The molecule has 1 aromatic heterocycles. The lowest BCUT2D eigenvalue weighted by Crippen LogP contribution is -2.32. The second kappa shape index (κ2) is 8.67. The first-order valence-electron chi connectivity index (χ1n) is 8.73. The van der Waals surface area contributed by atoms with Gasteiger partial charge in [0.2, 0.25) is 0 Å². The summed E-state index contributed by atoms with van der Waals surface area (Å²) in [6.45, 7) is 2.06. The molecule has 1 aliphatic rings. The van der Waals surface area contributed by atoms with Gasteiger partial charge in [0.25, 0.3) is 6.29 Å². The van der Waals surface area contributed by atoms with Crippen molar-refractivity contribution in [2.45, 2.75) is 25.0 Å². The number of esters is 1. The predicted octanol–water partition coefficient (Wildman–Crippen LogP) is 2.99. The fraction of sp³-hybridized carbons (Fsp3) is 0.400. The Hall–Kier alpha value is -2.60. The van der Waals surface area contributed by atoms with E-state index in [1.807, 2.05) is 24.5 Å². The maximum atomic E-state index is 11.5. The summed E-state index contributed by atoms with van der Waals surface area (Å²) in [5, 5.41) is 0. The van der Waals surface area contributed by atoms with Crippen LogP contribution < -0.4 is 9.64 Å². The lowest BCUT2D eigenvalue weighted by atomic mass is 9.89. The lowest BCUT2D eigenvalue weighted by Gasteiger charge is -2.33. The summed E-state index contributed by atoms with van der Waals surface area (Å²) < 4.78 is 15.2. The molecule has 0 aliphatic carbocycles. The molecule has 2 heterocycles. The number of hydrogen-bond donors (Lipinski definition) is 0. The molecule has 1 fully saturated rings. The zero-order valence-electron chi connectivity index (χ0n) is 15.1. The van der Waals surface area contributed by atoms with Gasteiger partial charge in [0.1, 0.15) is 5.75 Å². The molecule has 1 unspecified atom stereocenters. The van der Waals surface area contributed by atoms with Crippen LogP contribution in [-0.4, -0.2) is 44.6 Å². The van der Waals surface area contributed by atoms with Crippen molar-refractivity contribution >= 4 is 11.7 Å². The number of piperidine rings is 1. The Labute approximate surface area is 153 Å². The van der Waals surface area contributed by atoms with Gasteiger partial charge in [-0.1, -0.05) is 12.1 Å². The highest BCUT2D eigenvalue weighted by molar-refractivity contribution is 5.73. The predicted molar refractivity (Wildman–Crippen MR) is 98.3 cm³/mol. The molecule has 0 radical (unpaired) electrons. The van der Waals surface area contributed by atoms with Gasteiger partial charge in [0, 0.05) is 38.3 Å². The minimum absolute atomic E-state index is 0.529. The molecule has 6 nitrogen and oxygen atoms in total. The van der Waals surface area contributed by atoms with Gasteiger partial charge in [-0.25, -0.2) is 4.79 Å². The SMILES string of the molecule is COC(=O)C(OC)Oc1ccc(C2CCN(c3ccncc3)CC2)cc1. The van der Waals surface area contributed by atoms with E-state index in [9.17, 15) is 4.79 Å². The number of aromatic nitrogens is 1. The average Bonchev–Trinajstić information content (AvgIpc) is 2.72. The number of nitrogens with zero attached hydrogens (tertiary/aromatic N) is 2. The van der Waals surface area contributed by atoms with E-state index >= 15 is 0 Å². The summed E-state index contributed by atoms with van der Waals surface area (Å²) in [4.78, 5) is 18.0. The van der Waals surface area contributed by atoms with Crippen LogP contribution in [0.1, 0.15) is 24.3 Å². The van der Waals surface area contributed by atoms with Crippen LogP contribution in [0.5, 0.6) is 5.75 Å². The number of rotatable bonds is 6. The second-order valence-electron chi connectivity index (χ2n) is 6.24. The van der Waals surface area contributed by atoms with Crippen molar-refractivity contribution in [1.29, 1.82) is 0 Å². The Morgan fingerprint density at radius 1 is 1.08 bits per heavy atom. The maximum absolute atomic E-state index is 11.5. The summed E-state index contributed by atoms with van der Waals surface area (Å²) in [6, 6.07) is 12.0. The van der Waals surface area contributed by atoms with E-state index in [1.165, 1.54) is 25.5 Å². The number of benzene rings is 1. The molecule has 26 heavy (non-hydrogen) atoms. The average molecular weight is 356 g/mol. The molecule has 6 heteroatoms. The summed E-state index contributed by atoms with van der Waals surface area (Å²) >= 11 is 0. The smallest absolute Gasteiger partial charge is 0.376 e. The first kappa shape index (κ1) is 18.2. The quantitative estimate of drug-likeness (QED) is 0.586. The van der Waals surface area contributed by atoms with Crippen molar-refractivity contribution in [3.05, 3.63) is 54.4 Å². The van der Waals surface area contributed by atoms with E-state index in [-0.39, 0.29) is 0 Å². The first-order chi connectivity index (χ1) is 12.7. The van der Waals surface area contributed by atoms with Gasteiger partial charge in [-0.2, -0.15) is 0 Å². The Bertz CT molecular complexity index is 698. The van der Waals surface area contributed by atoms with Crippen molar-refractivity contribution in [1.82, 2.24) is 4.98 Å². The van der Waals surface area contributed by atoms with Crippen molar-refractivity contribution in [3.63, 3.8) is 0 Å². The summed E-state index contributed by atoms with van der Waals surface area (Å²) in [7, 11) is 2.71. The zero-order chi connectivity index (χ0) is 18.4. The number of ether oxygens (including phenoxy) is 3. The van der Waals surface area contributed by atoms with E-state index in [0.717, 1.165) is 25.9 Å². The third-order valence-electron chi connectivity index (χ3n) is 4.73. The van der Waals surface area contributed by atoms with Crippen LogP contribution in [0.25, 0.3) is 0 Å². The van der Waals surface area contributed by atoms with Gasteiger partial charge >= 0.3 is 5.97 Å². The Balaban J connectivity index is 1.57. The molecule has 1 aliphatic heterocycles. The largest absolute Gasteiger partial charge is 0.464 e. The summed E-state index contributed by atoms with van der Waals surface area (Å²) in [5.74, 6) is 0.557. The zero-order valence-corrected chi connectivity index (χ0v) is 15.1. The van der Waals surface area contributed by atoms with Gasteiger partial charge in [-0.15, -0.1) is 0 Å². The van der Waals surface area contributed by atoms with Gasteiger partial charge in [0.15, 0.2) is 0 Å². The summed E-state index contributed by atoms with van der Waals surface area (Å²) in [5.41, 5.74) is 2.52. The standard InChI is InChI=1S/C20H24N2O4/c1-24-19(23)20(25-2)26-18-5-3-15(4-6-18)16-9-13-22(14-10-16)17-7-11-21-12-8-17/h3-8,11-12,16,20H,9-10,13-14H2,1-2H3. The number of pyridine rings is 1. The van der Waals surface area contributed by atoms with Crippen molar-refractivity contribution in [2.75, 3.05) is 32.2 Å². The highest BCUT2D eigenvalue weighted by atomic mass is 16.7. The van der Waals surface area contributed by atoms with Crippen LogP contribution >= 0.6 is 0 Å². The van der Waals surface area contributed by atoms with E-state index in [0.29, 0.717) is 11.7 Å². The lowest BCUT2D eigenvalue weighted by molar-refractivity contribution is -0.170. The number of hydrogen-bond acceptors (Lipinski definition) is 6. The van der Waals surface area contributed by atoms with Gasteiger partial charge < -0.3 is 19.1 Å². The van der Waals surface area contributed by atoms with Gasteiger partial charge in [0.05, 0.1) is 7.11 Å². The molecular weight excluding hydrogens is 332 g/mol. The van der Waals surface area contributed by atoms with Crippen molar-refractivity contribution in [2.24, 2.45) is 0 Å². The minimum atomic E-state index is -1.05. The molecule has 1 atom stereocenters. The van der Waals surface area contributed by atoms with Gasteiger partial charge in [-0.05, 0) is 48.6 Å². The van der Waals surface area contributed by atoms with Crippen LogP contribution in [0.2, 0.25) is 0 Å². The van der Waals surface area contributed by atoms with Crippen LogP contribution in [-0.2, 0) is 14.3 Å². The molecule has 2 aromatic rings. The van der Waals surface area contributed by atoms with Crippen molar-refractivity contribution in [3.8, 4) is 5.75 Å². The molecule has 0 saturated carbocycles. The Kier molecular flexibility index (Phi) is 6.07.